The van der Waals surface area contributed by atoms with E-state index in [9.17, 15) is 0 Å². The van der Waals surface area contributed by atoms with Gasteiger partial charge in [-0.15, -0.1) is 71.3 Å². The number of pyridine rings is 3. The summed E-state index contributed by atoms with van der Waals surface area (Å²) in [4.78, 5) is 13.9. The van der Waals surface area contributed by atoms with Crippen molar-refractivity contribution < 1.29 is 20.1 Å². The SMILES string of the molecule is Cc1ccc(-c2ccc(-c3cc[c-]c(-c4cc(C(C)(C)C)ccn4)c3)c3cnc(-c4ccccc4)cc23)c(C)c1.Cc1ccnc(-c2[c-]cccc2)c1.[Ir]. The molecule has 0 saturated carbocycles. The monoisotopic (exact) mass is 878 g/mol. The van der Waals surface area contributed by atoms with E-state index in [2.05, 4.69) is 150 Å². The van der Waals surface area contributed by atoms with Crippen LogP contribution in [0.1, 0.15) is 43.0 Å². The molecule has 0 amide bonds. The first-order valence-corrected chi connectivity index (χ1v) is 18.1. The topological polar surface area (TPSA) is 38.7 Å². The second-order valence-electron chi connectivity index (χ2n) is 14.6. The number of hydrogen-bond acceptors (Lipinski definition) is 3. The van der Waals surface area contributed by atoms with E-state index in [1.165, 1.54) is 38.8 Å². The molecule has 0 aliphatic rings. The van der Waals surface area contributed by atoms with Gasteiger partial charge in [-0.2, -0.15) is 0 Å². The zero-order valence-corrected chi connectivity index (χ0v) is 34.0. The molecule has 3 heterocycles. The average molecular weight is 878 g/mol. The minimum atomic E-state index is 0. The van der Waals surface area contributed by atoms with Crippen molar-refractivity contribution in [3.8, 4) is 56.0 Å². The number of benzene rings is 5. The van der Waals surface area contributed by atoms with Gasteiger partial charge in [0.25, 0.3) is 0 Å². The van der Waals surface area contributed by atoms with Crippen LogP contribution in [0, 0.1) is 32.9 Å². The van der Waals surface area contributed by atoms with Crippen molar-refractivity contribution in [2.45, 2.75) is 47.0 Å². The standard InChI is InChI=1S/C38H33N2.C12H10N.Ir/c1-25-14-15-31(26(2)20-25)33-17-16-32(35-24-40-37(23-34(33)35)27-10-7-6-8-11-27)28-12-9-13-29(21-28)36-22-30(18-19-39-36)38(3,4)5;1-10-7-8-13-12(9-10)11-5-3-2-4-6-11;/h6-12,14-24H,1-5H3;2-5,7-9H,1H3;/q2*-1;. The van der Waals surface area contributed by atoms with Gasteiger partial charge in [0.15, 0.2) is 0 Å². The summed E-state index contributed by atoms with van der Waals surface area (Å²) in [5.41, 5.74) is 15.9. The Bertz CT molecular complexity index is 2520. The molecule has 0 aliphatic heterocycles. The molecule has 1 radical (unpaired) electrons. The third-order valence-corrected chi connectivity index (χ3v) is 9.56. The number of hydrogen-bond donors (Lipinski definition) is 0. The molecule has 0 N–H and O–H groups in total. The third-order valence-electron chi connectivity index (χ3n) is 9.56. The molecular weight excluding hydrogens is 835 g/mol. The van der Waals surface area contributed by atoms with Crippen molar-refractivity contribution in [1.82, 2.24) is 15.0 Å². The quantitative estimate of drug-likeness (QED) is 0.162. The van der Waals surface area contributed by atoms with Crippen molar-refractivity contribution in [3.05, 3.63) is 186 Å². The summed E-state index contributed by atoms with van der Waals surface area (Å²) in [6.07, 6.45) is 5.76. The van der Waals surface area contributed by atoms with E-state index >= 15 is 0 Å². The predicted octanol–water partition coefficient (Wildman–Crippen LogP) is 12.9. The molecule has 0 bridgehead atoms. The third kappa shape index (κ3) is 8.63. The maximum atomic E-state index is 4.93. The van der Waals surface area contributed by atoms with Crippen molar-refractivity contribution in [2.24, 2.45) is 0 Å². The first-order valence-electron chi connectivity index (χ1n) is 18.1. The van der Waals surface area contributed by atoms with E-state index in [4.69, 9.17) is 9.97 Å². The van der Waals surface area contributed by atoms with Crippen LogP contribution in [-0.2, 0) is 25.5 Å². The maximum Gasteiger partial charge on any atom is 0.0708 e. The van der Waals surface area contributed by atoms with E-state index in [0.717, 1.165) is 50.3 Å². The van der Waals surface area contributed by atoms with Gasteiger partial charge in [0, 0.05) is 49.6 Å². The van der Waals surface area contributed by atoms with Gasteiger partial charge in [-0.25, -0.2) is 0 Å². The molecule has 0 saturated heterocycles. The van der Waals surface area contributed by atoms with Crippen LogP contribution < -0.4 is 0 Å². The van der Waals surface area contributed by atoms with Crippen LogP contribution in [0.3, 0.4) is 0 Å². The minimum absolute atomic E-state index is 0. The first kappa shape index (κ1) is 38.2. The Kier molecular flexibility index (Phi) is 11.8. The summed E-state index contributed by atoms with van der Waals surface area (Å²) in [5.74, 6) is 0. The molecule has 0 spiro atoms. The summed E-state index contributed by atoms with van der Waals surface area (Å²) in [6, 6.07) is 53.0. The summed E-state index contributed by atoms with van der Waals surface area (Å²) in [7, 11) is 0. The first-order chi connectivity index (χ1) is 25.6. The summed E-state index contributed by atoms with van der Waals surface area (Å²) in [5, 5.41) is 2.33. The Balaban J connectivity index is 0.000000300. The van der Waals surface area contributed by atoms with Crippen LogP contribution in [0.5, 0.6) is 0 Å². The van der Waals surface area contributed by atoms with Crippen molar-refractivity contribution in [2.75, 3.05) is 0 Å². The Morgan fingerprint density at radius 3 is 1.89 bits per heavy atom. The zero-order chi connectivity index (χ0) is 37.0. The Hall–Kier alpha value is -5.54. The van der Waals surface area contributed by atoms with E-state index in [1.54, 1.807) is 0 Å². The van der Waals surface area contributed by atoms with Gasteiger partial charge in [0.1, 0.15) is 0 Å². The van der Waals surface area contributed by atoms with Crippen LogP contribution in [0.15, 0.2) is 152 Å². The summed E-state index contributed by atoms with van der Waals surface area (Å²) >= 11 is 0. The smallest absolute Gasteiger partial charge is 0.0708 e. The fraction of sp³-hybridized carbons (Fsp3) is 0.140. The molecule has 0 fully saturated rings. The number of rotatable bonds is 5. The molecule has 0 unspecified atom stereocenters. The van der Waals surface area contributed by atoms with Gasteiger partial charge in [-0.05, 0) is 89.0 Å². The molecule has 269 valence electrons. The van der Waals surface area contributed by atoms with Gasteiger partial charge in [0.2, 0.25) is 0 Å². The molecule has 5 aromatic carbocycles. The molecule has 4 heteroatoms. The summed E-state index contributed by atoms with van der Waals surface area (Å²) < 4.78 is 0. The van der Waals surface area contributed by atoms with E-state index in [-0.39, 0.29) is 25.5 Å². The van der Waals surface area contributed by atoms with Crippen molar-refractivity contribution >= 4 is 10.8 Å². The molecular formula is C50H43IrN3-2. The molecule has 8 aromatic rings. The maximum absolute atomic E-state index is 4.93. The molecule has 0 aliphatic carbocycles. The molecule has 54 heavy (non-hydrogen) atoms. The Morgan fingerprint density at radius 2 is 1.17 bits per heavy atom. The fourth-order valence-electron chi connectivity index (χ4n) is 6.67. The molecule has 0 atom stereocenters. The number of aryl methyl sites for hydroxylation is 3. The second-order valence-corrected chi connectivity index (χ2v) is 14.6. The van der Waals surface area contributed by atoms with Crippen LogP contribution in [0.25, 0.3) is 66.8 Å². The van der Waals surface area contributed by atoms with Gasteiger partial charge in [0.05, 0.1) is 5.69 Å². The fourth-order valence-corrected chi connectivity index (χ4v) is 6.67. The largest absolute Gasteiger partial charge is 0.305 e. The van der Waals surface area contributed by atoms with Crippen LogP contribution in [0.2, 0.25) is 0 Å². The minimum Gasteiger partial charge on any atom is -0.305 e. The van der Waals surface area contributed by atoms with E-state index < -0.39 is 0 Å². The van der Waals surface area contributed by atoms with Gasteiger partial charge >= 0.3 is 0 Å². The number of aromatic nitrogens is 3. The van der Waals surface area contributed by atoms with Gasteiger partial charge in [-0.1, -0.05) is 105 Å². The zero-order valence-electron chi connectivity index (χ0n) is 31.6. The van der Waals surface area contributed by atoms with Crippen LogP contribution >= 0.6 is 0 Å². The molecule has 3 aromatic heterocycles. The Morgan fingerprint density at radius 1 is 0.481 bits per heavy atom. The van der Waals surface area contributed by atoms with Crippen molar-refractivity contribution in [1.29, 1.82) is 0 Å². The normalized spacial score (nSPS) is 11.0. The molecule has 3 nitrogen and oxygen atoms in total. The van der Waals surface area contributed by atoms with Crippen molar-refractivity contribution in [3.63, 3.8) is 0 Å². The second kappa shape index (κ2) is 16.6. The van der Waals surface area contributed by atoms with Crippen LogP contribution in [0.4, 0.5) is 0 Å². The van der Waals surface area contributed by atoms with Gasteiger partial charge < -0.3 is 9.97 Å². The van der Waals surface area contributed by atoms with Crippen LogP contribution in [-0.4, -0.2) is 15.0 Å². The predicted molar refractivity (Wildman–Crippen MR) is 222 cm³/mol. The summed E-state index contributed by atoms with van der Waals surface area (Å²) in [6.45, 7) is 13.1. The molecule has 8 rings (SSSR count). The average Bonchev–Trinajstić information content (AvgIpc) is 3.18. The van der Waals surface area contributed by atoms with Gasteiger partial charge in [-0.3, -0.25) is 4.98 Å². The number of fused-ring (bicyclic) bond motifs is 1. The Labute approximate surface area is 333 Å². The number of nitrogens with zero attached hydrogens (tertiary/aromatic N) is 3. The van der Waals surface area contributed by atoms with E-state index in [0.29, 0.717) is 0 Å². The van der Waals surface area contributed by atoms with E-state index in [1.807, 2.05) is 61.1 Å².